The molecule has 0 atom stereocenters. The second-order valence-corrected chi connectivity index (χ2v) is 5.94. The van der Waals surface area contributed by atoms with Gasteiger partial charge in [-0.2, -0.15) is 0 Å². The van der Waals surface area contributed by atoms with Crippen LogP contribution in [0.4, 0.5) is 5.69 Å². The SMILES string of the molecule is CC(=O)c1cc2cc(NC(=O)c3cc4cc(O)ccc4[nH]3)ccn2c1. The number of rotatable bonds is 3. The lowest BCUT2D eigenvalue weighted by molar-refractivity contribution is 0.101. The van der Waals surface area contributed by atoms with E-state index >= 15 is 0 Å². The van der Waals surface area contributed by atoms with Crippen molar-refractivity contribution in [1.29, 1.82) is 0 Å². The highest BCUT2D eigenvalue weighted by Gasteiger charge is 2.11. The Kier molecular flexibility index (Phi) is 3.32. The number of carbonyl (C=O) groups is 2. The number of nitrogens with zero attached hydrogens (tertiary/aromatic N) is 1. The number of phenolic OH excluding ortho intramolecular Hbond substituents is 1. The third kappa shape index (κ3) is 2.74. The number of aromatic nitrogens is 2. The summed E-state index contributed by atoms with van der Waals surface area (Å²) in [7, 11) is 0. The van der Waals surface area contributed by atoms with E-state index in [0.29, 0.717) is 16.9 Å². The summed E-state index contributed by atoms with van der Waals surface area (Å²) in [4.78, 5) is 26.9. The molecule has 0 aliphatic rings. The highest BCUT2D eigenvalue weighted by Crippen LogP contribution is 2.22. The van der Waals surface area contributed by atoms with Crippen LogP contribution in [0.25, 0.3) is 16.4 Å². The predicted molar refractivity (Wildman–Crippen MR) is 95.3 cm³/mol. The van der Waals surface area contributed by atoms with E-state index in [4.69, 9.17) is 0 Å². The molecule has 6 nitrogen and oxygen atoms in total. The number of amides is 1. The summed E-state index contributed by atoms with van der Waals surface area (Å²) in [5.41, 5.74) is 3.26. The molecule has 0 bridgehead atoms. The van der Waals surface area contributed by atoms with Crippen molar-refractivity contribution in [3.05, 3.63) is 66.1 Å². The number of hydrogen-bond acceptors (Lipinski definition) is 3. The molecule has 1 aromatic carbocycles. The summed E-state index contributed by atoms with van der Waals surface area (Å²) in [6.45, 7) is 1.52. The number of nitrogens with one attached hydrogen (secondary N) is 2. The zero-order valence-corrected chi connectivity index (χ0v) is 13.4. The molecule has 0 saturated carbocycles. The van der Waals surface area contributed by atoms with Crippen LogP contribution in [-0.2, 0) is 0 Å². The summed E-state index contributed by atoms with van der Waals surface area (Å²) < 4.78 is 1.83. The van der Waals surface area contributed by atoms with Crippen molar-refractivity contribution in [3.63, 3.8) is 0 Å². The van der Waals surface area contributed by atoms with Crippen LogP contribution < -0.4 is 5.32 Å². The molecule has 0 fully saturated rings. The average Bonchev–Trinajstić information content (AvgIpc) is 3.17. The predicted octanol–water partition coefficient (Wildman–Crippen LogP) is 3.58. The first-order valence-electron chi connectivity index (χ1n) is 7.75. The molecular weight excluding hydrogens is 318 g/mol. The Morgan fingerprint density at radius 2 is 1.96 bits per heavy atom. The first-order chi connectivity index (χ1) is 12.0. The van der Waals surface area contributed by atoms with Crippen molar-refractivity contribution in [1.82, 2.24) is 9.38 Å². The van der Waals surface area contributed by atoms with Crippen LogP contribution in [0.15, 0.2) is 54.9 Å². The second kappa shape index (κ2) is 5.52. The first kappa shape index (κ1) is 15.0. The Balaban J connectivity index is 1.62. The minimum Gasteiger partial charge on any atom is -0.508 e. The van der Waals surface area contributed by atoms with Gasteiger partial charge in [0.25, 0.3) is 5.91 Å². The Bertz CT molecular complexity index is 1140. The van der Waals surface area contributed by atoms with Gasteiger partial charge in [-0.1, -0.05) is 0 Å². The number of hydrogen-bond donors (Lipinski definition) is 3. The highest BCUT2D eigenvalue weighted by atomic mass is 16.3. The molecular formula is C19H15N3O3. The smallest absolute Gasteiger partial charge is 0.272 e. The van der Waals surface area contributed by atoms with E-state index in [9.17, 15) is 14.7 Å². The van der Waals surface area contributed by atoms with Gasteiger partial charge in [0.2, 0.25) is 0 Å². The van der Waals surface area contributed by atoms with Gasteiger partial charge in [-0.25, -0.2) is 0 Å². The van der Waals surface area contributed by atoms with Crippen LogP contribution in [0.1, 0.15) is 27.8 Å². The number of fused-ring (bicyclic) bond motifs is 2. The molecule has 4 rings (SSSR count). The normalized spacial score (nSPS) is 11.1. The first-order valence-corrected chi connectivity index (χ1v) is 7.75. The molecule has 0 radical (unpaired) electrons. The monoisotopic (exact) mass is 333 g/mol. The molecule has 1 amide bonds. The van der Waals surface area contributed by atoms with Crippen LogP contribution in [0.2, 0.25) is 0 Å². The molecule has 0 unspecified atom stereocenters. The van der Waals surface area contributed by atoms with Crippen molar-refractivity contribution < 1.29 is 14.7 Å². The summed E-state index contributed by atoms with van der Waals surface area (Å²) in [6.07, 6.45) is 3.55. The second-order valence-electron chi connectivity index (χ2n) is 5.94. The van der Waals surface area contributed by atoms with Gasteiger partial charge in [0, 0.05) is 40.1 Å². The molecule has 124 valence electrons. The van der Waals surface area contributed by atoms with E-state index in [0.717, 1.165) is 16.4 Å². The Hall–Kier alpha value is -3.54. The number of aromatic amines is 1. The zero-order chi connectivity index (χ0) is 17.6. The number of H-pyrrole nitrogens is 1. The molecule has 3 heterocycles. The number of aromatic hydroxyl groups is 1. The van der Waals surface area contributed by atoms with E-state index in [1.165, 1.54) is 6.92 Å². The van der Waals surface area contributed by atoms with Gasteiger partial charge < -0.3 is 19.8 Å². The summed E-state index contributed by atoms with van der Waals surface area (Å²) in [5.74, 6) is -0.132. The summed E-state index contributed by atoms with van der Waals surface area (Å²) >= 11 is 0. The number of ketones is 1. The fraction of sp³-hybridized carbons (Fsp3) is 0.0526. The fourth-order valence-electron chi connectivity index (χ4n) is 2.82. The standard InChI is InChI=1S/C19H15N3O3/c1-11(23)13-6-15-9-14(4-5-22(15)10-13)20-19(25)18-8-12-7-16(24)2-3-17(12)21-18/h2-10,21,24H,1H3,(H,20,25). The number of anilines is 1. The molecule has 0 spiro atoms. The average molecular weight is 333 g/mol. The Labute approximate surface area is 142 Å². The van der Waals surface area contributed by atoms with Crippen molar-refractivity contribution in [2.24, 2.45) is 0 Å². The highest BCUT2D eigenvalue weighted by molar-refractivity contribution is 6.06. The number of benzene rings is 1. The van der Waals surface area contributed by atoms with Crippen molar-refractivity contribution >= 4 is 33.8 Å². The van der Waals surface area contributed by atoms with E-state index in [2.05, 4.69) is 10.3 Å². The minimum atomic E-state index is -0.279. The van der Waals surface area contributed by atoms with Gasteiger partial charge in [-0.3, -0.25) is 9.59 Å². The van der Waals surface area contributed by atoms with Crippen molar-refractivity contribution in [3.8, 4) is 5.75 Å². The summed E-state index contributed by atoms with van der Waals surface area (Å²) in [5, 5.41) is 13.1. The topological polar surface area (TPSA) is 86.6 Å². The van der Waals surface area contributed by atoms with Crippen LogP contribution in [0.5, 0.6) is 5.75 Å². The van der Waals surface area contributed by atoms with Crippen LogP contribution in [-0.4, -0.2) is 26.2 Å². The molecule has 3 aromatic heterocycles. The Morgan fingerprint density at radius 3 is 2.76 bits per heavy atom. The molecule has 0 aliphatic heterocycles. The van der Waals surface area contributed by atoms with E-state index in [-0.39, 0.29) is 17.4 Å². The maximum absolute atomic E-state index is 12.5. The zero-order valence-electron chi connectivity index (χ0n) is 13.4. The Morgan fingerprint density at radius 1 is 1.12 bits per heavy atom. The van der Waals surface area contributed by atoms with E-state index in [1.54, 1.807) is 54.9 Å². The molecule has 4 aromatic rings. The fourth-order valence-corrected chi connectivity index (χ4v) is 2.82. The molecule has 6 heteroatoms. The van der Waals surface area contributed by atoms with Gasteiger partial charge in [0.05, 0.1) is 0 Å². The number of pyridine rings is 1. The lowest BCUT2D eigenvalue weighted by Crippen LogP contribution is -2.12. The number of carbonyl (C=O) groups excluding carboxylic acids is 2. The maximum Gasteiger partial charge on any atom is 0.272 e. The van der Waals surface area contributed by atoms with E-state index in [1.807, 2.05) is 4.40 Å². The van der Waals surface area contributed by atoms with Gasteiger partial charge >= 0.3 is 0 Å². The quantitative estimate of drug-likeness (QED) is 0.501. The van der Waals surface area contributed by atoms with Gasteiger partial charge in [-0.15, -0.1) is 0 Å². The molecule has 3 N–H and O–H groups in total. The van der Waals surface area contributed by atoms with Gasteiger partial charge in [0.1, 0.15) is 11.4 Å². The molecule has 0 saturated heterocycles. The third-order valence-corrected chi connectivity index (χ3v) is 4.11. The van der Waals surface area contributed by atoms with Gasteiger partial charge in [0.15, 0.2) is 5.78 Å². The van der Waals surface area contributed by atoms with Crippen molar-refractivity contribution in [2.45, 2.75) is 6.92 Å². The van der Waals surface area contributed by atoms with Crippen molar-refractivity contribution in [2.75, 3.05) is 5.32 Å². The number of Topliss-reactive ketones (excluding diaryl/α,β-unsaturated/α-hetero) is 1. The molecule has 25 heavy (non-hydrogen) atoms. The van der Waals surface area contributed by atoms with E-state index < -0.39 is 0 Å². The van der Waals surface area contributed by atoms with Crippen LogP contribution in [0.3, 0.4) is 0 Å². The van der Waals surface area contributed by atoms with Gasteiger partial charge in [-0.05, 0) is 49.4 Å². The third-order valence-electron chi connectivity index (χ3n) is 4.11. The lowest BCUT2D eigenvalue weighted by atomic mass is 10.2. The maximum atomic E-state index is 12.5. The lowest BCUT2D eigenvalue weighted by Gasteiger charge is -2.04. The largest absolute Gasteiger partial charge is 0.508 e. The molecule has 0 aliphatic carbocycles. The van der Waals surface area contributed by atoms with Crippen LogP contribution >= 0.6 is 0 Å². The minimum absolute atomic E-state index is 0.00406. The summed E-state index contributed by atoms with van der Waals surface area (Å²) in [6, 6.07) is 11.9. The van der Waals surface area contributed by atoms with Crippen LogP contribution in [0, 0.1) is 0 Å². The number of phenols is 1.